The Morgan fingerprint density at radius 3 is 2.75 bits per heavy atom. The summed E-state index contributed by atoms with van der Waals surface area (Å²) in [4.78, 5) is 29.0. The molecule has 24 heavy (non-hydrogen) atoms. The van der Waals surface area contributed by atoms with Gasteiger partial charge in [-0.05, 0) is 31.4 Å². The van der Waals surface area contributed by atoms with E-state index >= 15 is 0 Å². The molecular weight excluding hydrogens is 306 g/mol. The number of hydrogen-bond acceptors (Lipinski definition) is 4. The first kappa shape index (κ1) is 18.2. The van der Waals surface area contributed by atoms with Crippen LogP contribution in [0.2, 0.25) is 0 Å². The van der Waals surface area contributed by atoms with E-state index in [4.69, 9.17) is 5.73 Å². The average molecular weight is 333 g/mol. The fraction of sp³-hybridized carbons (Fsp3) is 0.588. The number of nitrogens with one attached hydrogen (secondary N) is 2. The number of carbonyl (C=O) groups excluding carboxylic acids is 1. The highest BCUT2D eigenvalue weighted by Crippen LogP contribution is 2.20. The van der Waals surface area contributed by atoms with Crippen molar-refractivity contribution in [1.29, 1.82) is 0 Å². The summed E-state index contributed by atoms with van der Waals surface area (Å²) in [5.41, 5.74) is 8.56. The number of pyridine rings is 1. The maximum Gasteiger partial charge on any atom is 0.273 e. The van der Waals surface area contributed by atoms with E-state index in [1.54, 1.807) is 11.7 Å². The van der Waals surface area contributed by atoms with Crippen LogP contribution in [0.4, 0.5) is 0 Å². The van der Waals surface area contributed by atoms with Crippen LogP contribution in [0, 0.1) is 13.8 Å². The lowest BCUT2D eigenvalue weighted by Crippen LogP contribution is -2.41. The van der Waals surface area contributed by atoms with Crippen molar-refractivity contribution >= 4 is 16.9 Å². The van der Waals surface area contributed by atoms with E-state index in [9.17, 15) is 9.59 Å². The van der Waals surface area contributed by atoms with E-state index in [0.29, 0.717) is 17.6 Å². The molecule has 0 saturated heterocycles. The van der Waals surface area contributed by atoms with Crippen molar-refractivity contribution in [2.45, 2.75) is 52.5 Å². The van der Waals surface area contributed by atoms with Crippen LogP contribution >= 0.6 is 0 Å². The van der Waals surface area contributed by atoms with Crippen LogP contribution < -0.4 is 16.6 Å². The highest BCUT2D eigenvalue weighted by Gasteiger charge is 2.18. The van der Waals surface area contributed by atoms with Gasteiger partial charge in [-0.3, -0.25) is 19.4 Å². The standard InChI is InChI=1S/C17H27N5O2/c1-5-6-7-12(9-18)20-14(23)8-13-10(2)15-16(19-11(13)3)22(4)21-17(15)24/h12H,5-9,18H2,1-4H3,(H,20,23)(H,21,24). The quantitative estimate of drug-likeness (QED) is 0.704. The lowest BCUT2D eigenvalue weighted by Gasteiger charge is -2.17. The first-order valence-corrected chi connectivity index (χ1v) is 8.43. The van der Waals surface area contributed by atoms with Gasteiger partial charge in [0.2, 0.25) is 5.91 Å². The number of fused-ring (bicyclic) bond motifs is 1. The Hall–Kier alpha value is -2.15. The van der Waals surface area contributed by atoms with Gasteiger partial charge in [0.25, 0.3) is 5.56 Å². The van der Waals surface area contributed by atoms with Gasteiger partial charge in [0.05, 0.1) is 11.8 Å². The molecule has 2 rings (SSSR count). The summed E-state index contributed by atoms with van der Waals surface area (Å²) in [6.07, 6.45) is 3.19. The summed E-state index contributed by atoms with van der Waals surface area (Å²) in [7, 11) is 1.75. The average Bonchev–Trinajstić information content (AvgIpc) is 2.81. The highest BCUT2D eigenvalue weighted by atomic mass is 16.1. The monoisotopic (exact) mass is 333 g/mol. The third-order valence-electron chi connectivity index (χ3n) is 4.47. The zero-order valence-corrected chi connectivity index (χ0v) is 14.9. The topological polar surface area (TPSA) is 106 Å². The van der Waals surface area contributed by atoms with Gasteiger partial charge in [-0.15, -0.1) is 0 Å². The van der Waals surface area contributed by atoms with Crippen LogP contribution in [0.5, 0.6) is 0 Å². The molecule has 1 unspecified atom stereocenters. The molecule has 0 aliphatic carbocycles. The minimum Gasteiger partial charge on any atom is -0.352 e. The number of carbonyl (C=O) groups is 1. The second kappa shape index (κ2) is 7.61. The Labute approximate surface area is 141 Å². The van der Waals surface area contributed by atoms with Crippen LogP contribution in [0.3, 0.4) is 0 Å². The van der Waals surface area contributed by atoms with E-state index in [2.05, 4.69) is 22.3 Å². The number of hydrogen-bond donors (Lipinski definition) is 3. The zero-order valence-electron chi connectivity index (χ0n) is 14.9. The number of rotatable bonds is 7. The van der Waals surface area contributed by atoms with E-state index in [0.717, 1.165) is 36.1 Å². The number of aryl methyl sites for hydroxylation is 3. The number of aromatic nitrogens is 3. The maximum absolute atomic E-state index is 12.4. The number of unbranched alkanes of at least 4 members (excludes halogenated alkanes) is 1. The lowest BCUT2D eigenvalue weighted by atomic mass is 10.0. The predicted molar refractivity (Wildman–Crippen MR) is 95.0 cm³/mol. The van der Waals surface area contributed by atoms with Crippen LogP contribution in [0.15, 0.2) is 4.79 Å². The number of amides is 1. The SMILES string of the molecule is CCCCC(CN)NC(=O)Cc1c(C)nc2c(c1C)c(=O)[nH]n2C. The first-order chi connectivity index (χ1) is 11.4. The molecule has 1 atom stereocenters. The first-order valence-electron chi connectivity index (χ1n) is 8.43. The van der Waals surface area contributed by atoms with Gasteiger partial charge in [-0.25, -0.2) is 4.98 Å². The van der Waals surface area contributed by atoms with Gasteiger partial charge < -0.3 is 11.1 Å². The Kier molecular flexibility index (Phi) is 5.77. The van der Waals surface area contributed by atoms with Gasteiger partial charge in [-0.2, -0.15) is 0 Å². The zero-order chi connectivity index (χ0) is 17.9. The highest BCUT2D eigenvalue weighted by molar-refractivity contribution is 5.84. The summed E-state index contributed by atoms with van der Waals surface area (Å²) in [5, 5.41) is 6.25. The van der Waals surface area contributed by atoms with E-state index in [1.165, 1.54) is 0 Å². The van der Waals surface area contributed by atoms with Gasteiger partial charge >= 0.3 is 0 Å². The summed E-state index contributed by atoms with van der Waals surface area (Å²) >= 11 is 0. The number of nitrogens with zero attached hydrogens (tertiary/aromatic N) is 2. The lowest BCUT2D eigenvalue weighted by molar-refractivity contribution is -0.121. The third kappa shape index (κ3) is 3.67. The van der Waals surface area contributed by atoms with Crippen molar-refractivity contribution in [2.24, 2.45) is 12.8 Å². The van der Waals surface area contributed by atoms with E-state index < -0.39 is 0 Å². The molecule has 0 spiro atoms. The summed E-state index contributed by atoms with van der Waals surface area (Å²) in [6, 6.07) is -0.00474. The van der Waals surface area contributed by atoms with Crippen LogP contribution in [-0.4, -0.2) is 33.3 Å². The van der Waals surface area contributed by atoms with Crippen LogP contribution in [0.1, 0.15) is 43.0 Å². The Bertz CT molecular complexity index is 790. The molecule has 0 saturated carbocycles. The summed E-state index contributed by atoms with van der Waals surface area (Å²) < 4.78 is 1.61. The van der Waals surface area contributed by atoms with Crippen molar-refractivity contribution in [3.05, 3.63) is 27.2 Å². The fourth-order valence-corrected chi connectivity index (χ4v) is 3.05. The van der Waals surface area contributed by atoms with Crippen LogP contribution in [0.25, 0.3) is 11.0 Å². The Morgan fingerprint density at radius 1 is 1.42 bits per heavy atom. The second-order valence-corrected chi connectivity index (χ2v) is 6.32. The molecule has 0 bridgehead atoms. The van der Waals surface area contributed by atoms with Crippen molar-refractivity contribution in [3.63, 3.8) is 0 Å². The minimum absolute atomic E-state index is 0.00474. The summed E-state index contributed by atoms with van der Waals surface area (Å²) in [5.74, 6) is -0.0822. The Balaban J connectivity index is 2.25. The van der Waals surface area contributed by atoms with Crippen LogP contribution in [-0.2, 0) is 18.3 Å². The van der Waals surface area contributed by atoms with Gasteiger partial charge in [0.1, 0.15) is 0 Å². The van der Waals surface area contributed by atoms with Crippen molar-refractivity contribution in [1.82, 2.24) is 20.1 Å². The maximum atomic E-state index is 12.4. The molecule has 4 N–H and O–H groups in total. The molecule has 132 valence electrons. The molecule has 1 amide bonds. The number of H-pyrrole nitrogens is 1. The fourth-order valence-electron chi connectivity index (χ4n) is 3.05. The molecule has 0 aliphatic heterocycles. The summed E-state index contributed by atoms with van der Waals surface area (Å²) in [6.45, 7) is 6.27. The molecule has 2 aromatic heterocycles. The van der Waals surface area contributed by atoms with Crippen molar-refractivity contribution in [2.75, 3.05) is 6.54 Å². The molecule has 7 heteroatoms. The molecule has 7 nitrogen and oxygen atoms in total. The second-order valence-electron chi connectivity index (χ2n) is 6.32. The minimum atomic E-state index is -0.179. The van der Waals surface area contributed by atoms with Gasteiger partial charge in [0.15, 0.2) is 5.65 Å². The van der Waals surface area contributed by atoms with E-state index in [-0.39, 0.29) is 23.9 Å². The molecule has 0 aliphatic rings. The largest absolute Gasteiger partial charge is 0.352 e. The van der Waals surface area contributed by atoms with E-state index in [1.807, 2.05) is 13.8 Å². The van der Waals surface area contributed by atoms with Crippen molar-refractivity contribution < 1.29 is 4.79 Å². The predicted octanol–water partition coefficient (Wildman–Crippen LogP) is 1.05. The number of aromatic amines is 1. The third-order valence-corrected chi connectivity index (χ3v) is 4.47. The van der Waals surface area contributed by atoms with Gasteiger partial charge in [-0.1, -0.05) is 19.8 Å². The van der Waals surface area contributed by atoms with Gasteiger partial charge in [0, 0.05) is 25.3 Å². The molecular formula is C17H27N5O2. The molecule has 0 radical (unpaired) electrons. The smallest absolute Gasteiger partial charge is 0.273 e. The molecule has 0 aromatic carbocycles. The normalized spacial score (nSPS) is 12.5. The molecule has 2 heterocycles. The molecule has 2 aromatic rings. The Morgan fingerprint density at radius 2 is 2.12 bits per heavy atom. The molecule has 0 fully saturated rings. The van der Waals surface area contributed by atoms with Crippen molar-refractivity contribution in [3.8, 4) is 0 Å². The number of nitrogens with two attached hydrogens (primary N) is 1.